The number of carbonyl (C=O) groups is 1. The maximum Gasteiger partial charge on any atom is 0.309 e. The van der Waals surface area contributed by atoms with Gasteiger partial charge in [0.05, 0.1) is 24.8 Å². The lowest BCUT2D eigenvalue weighted by Gasteiger charge is -2.32. The second-order valence-electron chi connectivity index (χ2n) is 8.09. The average Bonchev–Trinajstić information content (AvgIpc) is 3.34. The van der Waals surface area contributed by atoms with Gasteiger partial charge in [0.2, 0.25) is 5.95 Å². The molecule has 8 nitrogen and oxygen atoms in total. The van der Waals surface area contributed by atoms with E-state index < -0.39 is 0 Å². The molecule has 2 aromatic rings. The number of hydrogen-bond donors (Lipinski definition) is 2. The molecule has 2 fully saturated rings. The molecular formula is C23H30ClN5O3. The molecule has 0 aliphatic carbocycles. The lowest BCUT2D eigenvalue weighted by Crippen LogP contribution is -2.36. The fourth-order valence-electron chi connectivity index (χ4n) is 4.09. The van der Waals surface area contributed by atoms with Crippen LogP contribution < -0.4 is 15.5 Å². The summed E-state index contributed by atoms with van der Waals surface area (Å²) >= 11 is 6.25. The Bertz CT molecular complexity index is 897. The van der Waals surface area contributed by atoms with E-state index in [-0.39, 0.29) is 18.0 Å². The third-order valence-corrected chi connectivity index (χ3v) is 6.15. The summed E-state index contributed by atoms with van der Waals surface area (Å²) in [6, 6.07) is 8.15. The molecule has 3 heterocycles. The van der Waals surface area contributed by atoms with Crippen molar-refractivity contribution in [1.29, 1.82) is 0 Å². The minimum absolute atomic E-state index is 0.0113. The van der Waals surface area contributed by atoms with E-state index in [0.29, 0.717) is 29.9 Å². The van der Waals surface area contributed by atoms with Crippen molar-refractivity contribution in [3.8, 4) is 0 Å². The van der Waals surface area contributed by atoms with E-state index in [4.69, 9.17) is 21.1 Å². The number of nitrogens with one attached hydrogen (secondary N) is 2. The second kappa shape index (κ2) is 10.8. The topological polar surface area (TPSA) is 88.6 Å². The zero-order valence-electron chi connectivity index (χ0n) is 18.3. The van der Waals surface area contributed by atoms with Crippen LogP contribution in [0.25, 0.3) is 0 Å². The molecule has 1 atom stereocenters. The van der Waals surface area contributed by atoms with Crippen LogP contribution in [0, 0.1) is 5.92 Å². The fourth-order valence-corrected chi connectivity index (χ4v) is 4.24. The van der Waals surface area contributed by atoms with Crippen LogP contribution in [-0.4, -0.2) is 54.9 Å². The SMILES string of the molecule is CCOC(=O)C1CCN(c2ccc(Nc3ncc(Cl)c(NC[C@H]4CCCO4)n3)cc2)CC1. The molecule has 0 amide bonds. The first-order valence-electron chi connectivity index (χ1n) is 11.3. The van der Waals surface area contributed by atoms with E-state index in [0.717, 1.165) is 56.8 Å². The van der Waals surface area contributed by atoms with E-state index in [9.17, 15) is 4.79 Å². The number of aromatic nitrogens is 2. The molecule has 1 aromatic carbocycles. The van der Waals surface area contributed by atoms with Crippen LogP contribution in [0.4, 0.5) is 23.1 Å². The molecule has 172 valence electrons. The van der Waals surface area contributed by atoms with Crippen molar-refractivity contribution >= 4 is 40.7 Å². The number of benzene rings is 1. The van der Waals surface area contributed by atoms with E-state index in [1.165, 1.54) is 0 Å². The molecule has 9 heteroatoms. The number of halogens is 1. The predicted octanol–water partition coefficient (Wildman–Crippen LogP) is 4.24. The van der Waals surface area contributed by atoms with E-state index in [1.54, 1.807) is 6.20 Å². The maximum absolute atomic E-state index is 11.9. The number of anilines is 4. The van der Waals surface area contributed by atoms with Crippen LogP contribution in [0.1, 0.15) is 32.6 Å². The quantitative estimate of drug-likeness (QED) is 0.566. The number of rotatable bonds is 8. The molecule has 2 aliphatic heterocycles. The van der Waals surface area contributed by atoms with Crippen molar-refractivity contribution in [3.05, 3.63) is 35.5 Å². The Balaban J connectivity index is 1.32. The number of carbonyl (C=O) groups excluding carboxylic acids is 1. The Labute approximate surface area is 193 Å². The van der Waals surface area contributed by atoms with Gasteiger partial charge < -0.3 is 25.0 Å². The second-order valence-corrected chi connectivity index (χ2v) is 8.50. The molecule has 0 unspecified atom stereocenters. The number of esters is 1. The molecule has 2 N–H and O–H groups in total. The zero-order valence-corrected chi connectivity index (χ0v) is 19.1. The van der Waals surface area contributed by atoms with Gasteiger partial charge in [0.25, 0.3) is 0 Å². The van der Waals surface area contributed by atoms with Gasteiger partial charge in [-0.2, -0.15) is 4.98 Å². The third-order valence-electron chi connectivity index (χ3n) is 5.87. The van der Waals surface area contributed by atoms with Crippen molar-refractivity contribution < 1.29 is 14.3 Å². The summed E-state index contributed by atoms with van der Waals surface area (Å²) in [6.07, 6.45) is 5.58. The average molecular weight is 460 g/mol. The van der Waals surface area contributed by atoms with Crippen molar-refractivity contribution in [1.82, 2.24) is 9.97 Å². The molecule has 1 aromatic heterocycles. The van der Waals surface area contributed by atoms with Gasteiger partial charge in [-0.1, -0.05) is 11.6 Å². The molecule has 2 saturated heterocycles. The standard InChI is InChI=1S/C23H30ClN5O3/c1-2-31-22(30)16-9-11-29(12-10-16)18-7-5-17(6-8-18)27-23-26-15-20(24)21(28-23)25-14-19-4-3-13-32-19/h5-8,15-16,19H,2-4,9-14H2,1H3,(H2,25,26,27,28)/t19-/m1/s1. The summed E-state index contributed by atoms with van der Waals surface area (Å²) in [5.41, 5.74) is 2.02. The Morgan fingerprint density at radius 1 is 1.25 bits per heavy atom. The molecule has 4 rings (SSSR count). The minimum atomic E-state index is -0.0701. The minimum Gasteiger partial charge on any atom is -0.466 e. The summed E-state index contributed by atoms with van der Waals surface area (Å²) in [6.45, 7) is 5.47. The number of nitrogens with zero attached hydrogens (tertiary/aromatic N) is 3. The first-order chi connectivity index (χ1) is 15.6. The van der Waals surface area contributed by atoms with Crippen LogP contribution in [-0.2, 0) is 14.3 Å². The predicted molar refractivity (Wildman–Crippen MR) is 126 cm³/mol. The van der Waals surface area contributed by atoms with Crippen molar-refractivity contribution in [3.63, 3.8) is 0 Å². The lowest BCUT2D eigenvalue weighted by molar-refractivity contribution is -0.148. The van der Waals surface area contributed by atoms with Gasteiger partial charge in [0.15, 0.2) is 5.82 Å². The lowest BCUT2D eigenvalue weighted by atomic mass is 9.96. The highest BCUT2D eigenvalue weighted by atomic mass is 35.5. The van der Waals surface area contributed by atoms with E-state index in [1.807, 2.05) is 19.1 Å². The van der Waals surface area contributed by atoms with Crippen LogP contribution in [0.3, 0.4) is 0 Å². The van der Waals surface area contributed by atoms with Gasteiger partial charge in [-0.05, 0) is 56.9 Å². The first kappa shape index (κ1) is 22.6. The zero-order chi connectivity index (χ0) is 22.3. The van der Waals surface area contributed by atoms with E-state index in [2.05, 4.69) is 37.6 Å². The number of piperidine rings is 1. The van der Waals surface area contributed by atoms with Crippen molar-refractivity contribution in [2.45, 2.75) is 38.7 Å². The molecular weight excluding hydrogens is 430 g/mol. The van der Waals surface area contributed by atoms with Gasteiger partial charge in [0, 0.05) is 37.6 Å². The molecule has 0 bridgehead atoms. The van der Waals surface area contributed by atoms with Crippen molar-refractivity contribution in [2.24, 2.45) is 5.92 Å². The highest BCUT2D eigenvalue weighted by Crippen LogP contribution is 2.27. The monoisotopic (exact) mass is 459 g/mol. The van der Waals surface area contributed by atoms with Gasteiger partial charge >= 0.3 is 5.97 Å². The summed E-state index contributed by atoms with van der Waals surface area (Å²) in [5.74, 6) is 1.02. The first-order valence-corrected chi connectivity index (χ1v) is 11.7. The highest BCUT2D eigenvalue weighted by molar-refractivity contribution is 6.32. The van der Waals surface area contributed by atoms with Gasteiger partial charge in [-0.15, -0.1) is 0 Å². The smallest absolute Gasteiger partial charge is 0.309 e. The maximum atomic E-state index is 11.9. The normalized spacial score (nSPS) is 19.1. The summed E-state index contributed by atoms with van der Waals surface area (Å²) in [7, 11) is 0. The van der Waals surface area contributed by atoms with Crippen LogP contribution in [0.2, 0.25) is 5.02 Å². The van der Waals surface area contributed by atoms with Gasteiger partial charge in [-0.25, -0.2) is 4.98 Å². The summed E-state index contributed by atoms with van der Waals surface area (Å²) in [4.78, 5) is 23.0. The molecule has 2 aliphatic rings. The molecule has 0 radical (unpaired) electrons. The largest absolute Gasteiger partial charge is 0.466 e. The van der Waals surface area contributed by atoms with Gasteiger partial charge in [0.1, 0.15) is 5.02 Å². The molecule has 32 heavy (non-hydrogen) atoms. The number of hydrogen-bond acceptors (Lipinski definition) is 8. The Hall–Kier alpha value is -2.58. The van der Waals surface area contributed by atoms with Crippen LogP contribution in [0.5, 0.6) is 0 Å². The van der Waals surface area contributed by atoms with E-state index >= 15 is 0 Å². The Morgan fingerprint density at radius 3 is 2.72 bits per heavy atom. The van der Waals surface area contributed by atoms with Crippen LogP contribution >= 0.6 is 11.6 Å². The Kier molecular flexibility index (Phi) is 7.65. The molecule has 0 spiro atoms. The third kappa shape index (κ3) is 5.81. The number of ether oxygens (including phenoxy) is 2. The van der Waals surface area contributed by atoms with Crippen LogP contribution in [0.15, 0.2) is 30.5 Å². The summed E-state index contributed by atoms with van der Waals surface area (Å²) in [5, 5.41) is 6.98. The van der Waals surface area contributed by atoms with Gasteiger partial charge in [-0.3, -0.25) is 4.79 Å². The fraction of sp³-hybridized carbons (Fsp3) is 0.522. The Morgan fingerprint density at radius 2 is 2.03 bits per heavy atom. The van der Waals surface area contributed by atoms with Crippen molar-refractivity contribution in [2.75, 3.05) is 48.4 Å². The summed E-state index contributed by atoms with van der Waals surface area (Å²) < 4.78 is 10.8. The highest BCUT2D eigenvalue weighted by Gasteiger charge is 2.26. The molecule has 0 saturated carbocycles.